The van der Waals surface area contributed by atoms with Gasteiger partial charge in [-0.1, -0.05) is 44.5 Å². The maximum absolute atomic E-state index is 12.9. The Morgan fingerprint density at radius 1 is 0.893 bits per heavy atom. The number of halogens is 1. The van der Waals surface area contributed by atoms with Crippen molar-refractivity contribution in [2.24, 2.45) is 0 Å². The van der Waals surface area contributed by atoms with Crippen LogP contribution in [0.3, 0.4) is 0 Å². The van der Waals surface area contributed by atoms with E-state index in [0.29, 0.717) is 16.4 Å². The molecule has 0 aliphatic rings. The molecule has 0 aliphatic heterocycles. The number of pyridine rings is 1. The average molecular weight is 416 g/mol. The fourth-order valence-corrected chi connectivity index (χ4v) is 3.89. The zero-order chi connectivity index (χ0) is 20.4. The number of nitrogens with zero attached hydrogens (tertiary/aromatic N) is 1. The van der Waals surface area contributed by atoms with Crippen LogP contribution in [0.2, 0.25) is 5.02 Å². The Morgan fingerprint density at radius 3 is 2.14 bits per heavy atom. The van der Waals surface area contributed by atoms with Crippen molar-refractivity contribution < 1.29 is 8.42 Å². The molecule has 0 saturated carbocycles. The Morgan fingerprint density at radius 2 is 1.54 bits per heavy atom. The maximum Gasteiger partial charge on any atom is 0.261 e. The van der Waals surface area contributed by atoms with Crippen LogP contribution < -0.4 is 10.0 Å². The van der Waals surface area contributed by atoms with Gasteiger partial charge < -0.3 is 5.32 Å². The molecule has 0 spiro atoms. The second kappa shape index (κ2) is 7.81. The Kier molecular flexibility index (Phi) is 5.63. The summed E-state index contributed by atoms with van der Waals surface area (Å²) in [6, 6.07) is 15.4. The first kappa shape index (κ1) is 20.2. The lowest BCUT2D eigenvalue weighted by Gasteiger charge is -2.19. The van der Waals surface area contributed by atoms with E-state index >= 15 is 0 Å². The van der Waals surface area contributed by atoms with E-state index in [1.807, 2.05) is 12.1 Å². The fourth-order valence-electron chi connectivity index (χ4n) is 2.64. The van der Waals surface area contributed by atoms with E-state index in [4.69, 9.17) is 11.6 Å². The molecule has 0 atom stereocenters. The van der Waals surface area contributed by atoms with Crippen molar-refractivity contribution in [1.82, 2.24) is 4.98 Å². The summed E-state index contributed by atoms with van der Waals surface area (Å²) in [5.74, 6) is 0. The summed E-state index contributed by atoms with van der Waals surface area (Å²) in [6.45, 7) is 6.25. The van der Waals surface area contributed by atoms with Crippen molar-refractivity contribution >= 4 is 38.7 Å². The second-order valence-electron chi connectivity index (χ2n) is 7.43. The lowest BCUT2D eigenvalue weighted by Crippen LogP contribution is -2.15. The van der Waals surface area contributed by atoms with Gasteiger partial charge in [0.15, 0.2) is 0 Å². The van der Waals surface area contributed by atoms with Gasteiger partial charge in [-0.3, -0.25) is 9.71 Å². The number of hydrogen-bond acceptors (Lipinski definition) is 4. The third-order valence-corrected chi connectivity index (χ3v) is 5.83. The van der Waals surface area contributed by atoms with Gasteiger partial charge in [0.05, 0.1) is 16.3 Å². The number of anilines is 3. The lowest BCUT2D eigenvalue weighted by atomic mass is 9.87. The van der Waals surface area contributed by atoms with E-state index < -0.39 is 10.0 Å². The molecule has 3 aromatic rings. The van der Waals surface area contributed by atoms with Gasteiger partial charge in [-0.2, -0.15) is 0 Å². The van der Waals surface area contributed by atoms with Gasteiger partial charge in [-0.25, -0.2) is 8.42 Å². The highest BCUT2D eigenvalue weighted by atomic mass is 35.5. The molecule has 0 saturated heterocycles. The van der Waals surface area contributed by atoms with Crippen LogP contribution >= 0.6 is 11.6 Å². The van der Waals surface area contributed by atoms with Crippen LogP contribution in [0.15, 0.2) is 71.9 Å². The van der Waals surface area contributed by atoms with Crippen molar-refractivity contribution in [3.63, 3.8) is 0 Å². The normalized spacial score (nSPS) is 11.9. The molecule has 0 unspecified atom stereocenters. The number of hydrogen-bond donors (Lipinski definition) is 2. The van der Waals surface area contributed by atoms with Crippen LogP contribution in [0.1, 0.15) is 26.3 Å². The van der Waals surface area contributed by atoms with Crippen LogP contribution in [0.5, 0.6) is 0 Å². The number of sulfonamides is 1. The second-order valence-corrected chi connectivity index (χ2v) is 9.55. The molecule has 3 rings (SSSR count). The third kappa shape index (κ3) is 4.82. The number of rotatable bonds is 5. The predicted octanol–water partition coefficient (Wildman–Crippen LogP) is 5.58. The molecule has 1 aromatic heterocycles. The average Bonchev–Trinajstić information content (AvgIpc) is 2.64. The van der Waals surface area contributed by atoms with Crippen LogP contribution in [0.4, 0.5) is 17.1 Å². The van der Waals surface area contributed by atoms with E-state index in [9.17, 15) is 8.42 Å². The van der Waals surface area contributed by atoms with Gasteiger partial charge in [0.2, 0.25) is 0 Å². The van der Waals surface area contributed by atoms with E-state index in [1.165, 1.54) is 0 Å². The van der Waals surface area contributed by atoms with Crippen molar-refractivity contribution in [1.29, 1.82) is 0 Å². The maximum atomic E-state index is 12.9. The van der Waals surface area contributed by atoms with Gasteiger partial charge in [0.25, 0.3) is 10.0 Å². The number of nitrogens with one attached hydrogen (secondary N) is 2. The Bertz CT molecular complexity index is 1060. The van der Waals surface area contributed by atoms with Crippen molar-refractivity contribution in [3.8, 4) is 0 Å². The van der Waals surface area contributed by atoms with E-state index in [-0.39, 0.29) is 10.3 Å². The molecule has 146 valence electrons. The SMILES string of the molecule is CC(C)(C)c1ccc(S(=O)(=O)Nc2ccc(Cl)cc2Nc2ccncc2)cc1. The molecule has 28 heavy (non-hydrogen) atoms. The summed E-state index contributed by atoms with van der Waals surface area (Å²) in [5.41, 5.74) is 2.74. The van der Waals surface area contributed by atoms with E-state index in [1.54, 1.807) is 54.9 Å². The molecule has 0 fully saturated rings. The van der Waals surface area contributed by atoms with Gasteiger partial charge in [0.1, 0.15) is 0 Å². The molecule has 5 nitrogen and oxygen atoms in total. The zero-order valence-electron chi connectivity index (χ0n) is 15.9. The molecule has 2 N–H and O–H groups in total. The first-order valence-electron chi connectivity index (χ1n) is 8.75. The summed E-state index contributed by atoms with van der Waals surface area (Å²) < 4.78 is 28.4. The highest BCUT2D eigenvalue weighted by Crippen LogP contribution is 2.31. The van der Waals surface area contributed by atoms with Gasteiger partial charge in [-0.05, 0) is 53.4 Å². The van der Waals surface area contributed by atoms with E-state index in [0.717, 1.165) is 11.3 Å². The summed E-state index contributed by atoms with van der Waals surface area (Å²) in [5, 5.41) is 3.66. The Hall–Kier alpha value is -2.57. The van der Waals surface area contributed by atoms with Crippen LogP contribution in [-0.2, 0) is 15.4 Å². The van der Waals surface area contributed by atoms with Crippen molar-refractivity contribution in [2.75, 3.05) is 10.0 Å². The lowest BCUT2D eigenvalue weighted by molar-refractivity contribution is 0.587. The summed E-state index contributed by atoms with van der Waals surface area (Å²) in [7, 11) is -3.75. The van der Waals surface area contributed by atoms with Crippen molar-refractivity contribution in [3.05, 3.63) is 77.6 Å². The summed E-state index contributed by atoms with van der Waals surface area (Å²) in [6.07, 6.45) is 3.29. The Labute approximate surface area is 170 Å². The molecule has 0 bridgehead atoms. The Balaban J connectivity index is 1.90. The minimum Gasteiger partial charge on any atom is -0.354 e. The van der Waals surface area contributed by atoms with Crippen LogP contribution in [0.25, 0.3) is 0 Å². The quantitative estimate of drug-likeness (QED) is 0.570. The predicted molar refractivity (Wildman–Crippen MR) is 115 cm³/mol. The minimum absolute atomic E-state index is 0.0481. The molecule has 0 amide bonds. The topological polar surface area (TPSA) is 71.1 Å². The molecule has 1 heterocycles. The molecule has 0 aliphatic carbocycles. The standard InChI is InChI=1S/C21H22ClN3O2S/c1-21(2,3)15-4-7-18(8-5-15)28(26,27)25-19-9-6-16(22)14-20(19)24-17-10-12-23-13-11-17/h4-14,25H,1-3H3,(H,23,24). The highest BCUT2D eigenvalue weighted by molar-refractivity contribution is 7.92. The molecule has 0 radical (unpaired) electrons. The van der Waals surface area contributed by atoms with Gasteiger partial charge in [0, 0.05) is 23.1 Å². The van der Waals surface area contributed by atoms with E-state index in [2.05, 4.69) is 35.8 Å². The molecular formula is C21H22ClN3O2S. The van der Waals surface area contributed by atoms with Gasteiger partial charge in [-0.15, -0.1) is 0 Å². The fraction of sp³-hybridized carbons (Fsp3) is 0.190. The minimum atomic E-state index is -3.75. The molecular weight excluding hydrogens is 394 g/mol. The first-order valence-corrected chi connectivity index (χ1v) is 10.6. The van der Waals surface area contributed by atoms with Crippen LogP contribution in [0, 0.1) is 0 Å². The molecule has 7 heteroatoms. The van der Waals surface area contributed by atoms with Crippen molar-refractivity contribution in [2.45, 2.75) is 31.1 Å². The smallest absolute Gasteiger partial charge is 0.261 e. The number of benzene rings is 2. The largest absolute Gasteiger partial charge is 0.354 e. The highest BCUT2D eigenvalue weighted by Gasteiger charge is 2.19. The molecule has 2 aromatic carbocycles. The van der Waals surface area contributed by atoms with Gasteiger partial charge >= 0.3 is 0 Å². The van der Waals surface area contributed by atoms with Crippen LogP contribution in [-0.4, -0.2) is 13.4 Å². The monoisotopic (exact) mass is 415 g/mol. The first-order chi connectivity index (χ1) is 13.1. The zero-order valence-corrected chi connectivity index (χ0v) is 17.5. The third-order valence-electron chi connectivity index (χ3n) is 4.22. The number of aromatic nitrogens is 1. The summed E-state index contributed by atoms with van der Waals surface area (Å²) >= 11 is 6.10. The summed E-state index contributed by atoms with van der Waals surface area (Å²) in [4.78, 5) is 4.17.